The van der Waals surface area contributed by atoms with Crippen LogP contribution in [-0.4, -0.2) is 36.1 Å². The topological polar surface area (TPSA) is 15.3 Å². The molecule has 2 aliphatic heterocycles. The van der Waals surface area contributed by atoms with Crippen molar-refractivity contribution in [1.82, 2.24) is 10.2 Å². The van der Waals surface area contributed by atoms with E-state index in [1.165, 1.54) is 51.6 Å². The molecule has 0 aromatic heterocycles. The van der Waals surface area contributed by atoms with Crippen LogP contribution in [0.5, 0.6) is 0 Å². The fraction of sp³-hybridized carbons (Fsp3) is 1.00. The molecule has 17 heavy (non-hydrogen) atoms. The van der Waals surface area contributed by atoms with Gasteiger partial charge in [0.05, 0.1) is 0 Å². The Morgan fingerprint density at radius 1 is 1.12 bits per heavy atom. The number of piperidine rings is 1. The van der Waals surface area contributed by atoms with Crippen LogP contribution >= 0.6 is 0 Å². The first-order valence-electron chi connectivity index (χ1n) is 7.67. The smallest absolute Gasteiger partial charge is 0.0121 e. The zero-order valence-electron chi connectivity index (χ0n) is 11.9. The van der Waals surface area contributed by atoms with Crippen molar-refractivity contribution in [2.75, 3.05) is 13.1 Å². The second-order valence-corrected chi connectivity index (χ2v) is 6.42. The van der Waals surface area contributed by atoms with Crippen LogP contribution in [0.4, 0.5) is 0 Å². The number of nitrogens with zero attached hydrogens (tertiary/aromatic N) is 1. The highest BCUT2D eigenvalue weighted by atomic mass is 15.2. The van der Waals surface area contributed by atoms with E-state index in [1.54, 1.807) is 0 Å². The van der Waals surface area contributed by atoms with E-state index in [-0.39, 0.29) is 0 Å². The Kier molecular flexibility index (Phi) is 4.87. The largest absolute Gasteiger partial charge is 0.314 e. The number of nitrogens with one attached hydrogen (secondary N) is 1. The first-order valence-corrected chi connectivity index (χ1v) is 7.67. The molecule has 1 N–H and O–H groups in total. The van der Waals surface area contributed by atoms with Gasteiger partial charge in [-0.1, -0.05) is 20.3 Å². The summed E-state index contributed by atoms with van der Waals surface area (Å²) in [7, 11) is 0. The standard InChI is InChI=1S/C15H30N2/c1-12(2)15-8-6-10-17(15)13(3)11-14-7-4-5-9-16-14/h12-16H,4-11H2,1-3H3. The summed E-state index contributed by atoms with van der Waals surface area (Å²) in [5, 5.41) is 3.69. The summed E-state index contributed by atoms with van der Waals surface area (Å²) in [5.41, 5.74) is 0. The van der Waals surface area contributed by atoms with Gasteiger partial charge >= 0.3 is 0 Å². The highest BCUT2D eigenvalue weighted by Gasteiger charge is 2.31. The van der Waals surface area contributed by atoms with E-state index < -0.39 is 0 Å². The minimum atomic E-state index is 0.764. The summed E-state index contributed by atoms with van der Waals surface area (Å²) in [6.07, 6.45) is 8.38. The summed E-state index contributed by atoms with van der Waals surface area (Å²) in [6.45, 7) is 9.78. The van der Waals surface area contributed by atoms with Gasteiger partial charge in [-0.25, -0.2) is 0 Å². The summed E-state index contributed by atoms with van der Waals surface area (Å²) < 4.78 is 0. The highest BCUT2D eigenvalue weighted by molar-refractivity contribution is 4.87. The molecule has 0 bridgehead atoms. The third-order valence-corrected chi connectivity index (χ3v) is 4.72. The van der Waals surface area contributed by atoms with E-state index in [0.717, 1.165) is 24.0 Å². The van der Waals surface area contributed by atoms with Crippen molar-refractivity contribution in [1.29, 1.82) is 0 Å². The van der Waals surface area contributed by atoms with Crippen molar-refractivity contribution >= 4 is 0 Å². The van der Waals surface area contributed by atoms with Crippen molar-refractivity contribution in [3.63, 3.8) is 0 Å². The molecular weight excluding hydrogens is 208 g/mol. The fourth-order valence-corrected chi connectivity index (χ4v) is 3.75. The van der Waals surface area contributed by atoms with Gasteiger partial charge in [-0.2, -0.15) is 0 Å². The lowest BCUT2D eigenvalue weighted by Gasteiger charge is -2.36. The molecule has 3 atom stereocenters. The van der Waals surface area contributed by atoms with Gasteiger partial charge in [-0.15, -0.1) is 0 Å². The van der Waals surface area contributed by atoms with Gasteiger partial charge in [-0.3, -0.25) is 4.90 Å². The molecule has 100 valence electrons. The van der Waals surface area contributed by atoms with Gasteiger partial charge in [0, 0.05) is 18.1 Å². The Balaban J connectivity index is 1.83. The van der Waals surface area contributed by atoms with Crippen LogP contribution in [-0.2, 0) is 0 Å². The molecule has 0 radical (unpaired) electrons. The molecule has 3 unspecified atom stereocenters. The second-order valence-electron chi connectivity index (χ2n) is 6.42. The quantitative estimate of drug-likeness (QED) is 0.810. The monoisotopic (exact) mass is 238 g/mol. The molecule has 0 aromatic rings. The molecule has 2 aliphatic rings. The zero-order valence-corrected chi connectivity index (χ0v) is 11.9. The van der Waals surface area contributed by atoms with Gasteiger partial charge < -0.3 is 5.32 Å². The third kappa shape index (κ3) is 3.45. The minimum Gasteiger partial charge on any atom is -0.314 e. The average molecular weight is 238 g/mol. The number of hydrogen-bond acceptors (Lipinski definition) is 2. The maximum absolute atomic E-state index is 3.69. The maximum Gasteiger partial charge on any atom is 0.0121 e. The highest BCUT2D eigenvalue weighted by Crippen LogP contribution is 2.28. The predicted molar refractivity (Wildman–Crippen MR) is 74.3 cm³/mol. The Bertz CT molecular complexity index is 221. The third-order valence-electron chi connectivity index (χ3n) is 4.72. The number of likely N-dealkylation sites (tertiary alicyclic amines) is 1. The lowest BCUT2D eigenvalue weighted by atomic mass is 9.96. The van der Waals surface area contributed by atoms with Crippen molar-refractivity contribution in [3.05, 3.63) is 0 Å². The Labute approximate surface area is 107 Å². The van der Waals surface area contributed by atoms with E-state index >= 15 is 0 Å². The maximum atomic E-state index is 3.69. The number of rotatable bonds is 4. The molecule has 2 heteroatoms. The van der Waals surface area contributed by atoms with Gasteiger partial charge in [0.1, 0.15) is 0 Å². The predicted octanol–water partition coefficient (Wildman–Crippen LogP) is 3.03. The Morgan fingerprint density at radius 2 is 1.94 bits per heavy atom. The van der Waals surface area contributed by atoms with Gasteiger partial charge in [-0.05, 0) is 58.0 Å². The van der Waals surface area contributed by atoms with Crippen molar-refractivity contribution in [3.8, 4) is 0 Å². The molecule has 2 fully saturated rings. The fourth-order valence-electron chi connectivity index (χ4n) is 3.75. The van der Waals surface area contributed by atoms with Crippen LogP contribution < -0.4 is 5.32 Å². The molecule has 2 saturated heterocycles. The first-order chi connectivity index (χ1) is 8.18. The van der Waals surface area contributed by atoms with E-state index in [1.807, 2.05) is 0 Å². The molecule has 0 amide bonds. The summed E-state index contributed by atoms with van der Waals surface area (Å²) in [6, 6.07) is 2.39. The summed E-state index contributed by atoms with van der Waals surface area (Å²) >= 11 is 0. The zero-order chi connectivity index (χ0) is 12.3. The SMILES string of the molecule is CC(C)C1CCCN1C(C)CC1CCCCN1. The van der Waals surface area contributed by atoms with E-state index in [9.17, 15) is 0 Å². The molecule has 0 spiro atoms. The van der Waals surface area contributed by atoms with Gasteiger partial charge in [0.15, 0.2) is 0 Å². The van der Waals surface area contributed by atoms with Crippen LogP contribution in [0.2, 0.25) is 0 Å². The lowest BCUT2D eigenvalue weighted by Crippen LogP contribution is -2.45. The van der Waals surface area contributed by atoms with Crippen molar-refractivity contribution in [2.24, 2.45) is 5.92 Å². The van der Waals surface area contributed by atoms with Gasteiger partial charge in [0.25, 0.3) is 0 Å². The number of hydrogen-bond donors (Lipinski definition) is 1. The molecule has 0 aliphatic carbocycles. The molecule has 0 saturated carbocycles. The van der Waals surface area contributed by atoms with Gasteiger partial charge in [0.2, 0.25) is 0 Å². The first kappa shape index (κ1) is 13.4. The molecule has 2 rings (SSSR count). The molecule has 2 heterocycles. The van der Waals surface area contributed by atoms with Crippen LogP contribution in [0.1, 0.15) is 59.3 Å². The Morgan fingerprint density at radius 3 is 2.59 bits per heavy atom. The van der Waals surface area contributed by atoms with Crippen LogP contribution in [0.15, 0.2) is 0 Å². The minimum absolute atomic E-state index is 0.764. The van der Waals surface area contributed by atoms with Crippen LogP contribution in [0, 0.1) is 5.92 Å². The summed E-state index contributed by atoms with van der Waals surface area (Å²) in [5.74, 6) is 0.819. The normalized spacial score (nSPS) is 33.2. The lowest BCUT2D eigenvalue weighted by molar-refractivity contribution is 0.136. The van der Waals surface area contributed by atoms with Crippen molar-refractivity contribution < 1.29 is 0 Å². The van der Waals surface area contributed by atoms with Crippen LogP contribution in [0.3, 0.4) is 0 Å². The average Bonchev–Trinajstić information content (AvgIpc) is 2.79. The molecular formula is C15H30N2. The molecule has 2 nitrogen and oxygen atoms in total. The Hall–Kier alpha value is -0.0800. The van der Waals surface area contributed by atoms with Crippen molar-refractivity contribution in [2.45, 2.75) is 77.4 Å². The van der Waals surface area contributed by atoms with E-state index in [4.69, 9.17) is 0 Å². The van der Waals surface area contributed by atoms with E-state index in [0.29, 0.717) is 0 Å². The molecule has 0 aromatic carbocycles. The van der Waals surface area contributed by atoms with Crippen LogP contribution in [0.25, 0.3) is 0 Å². The van der Waals surface area contributed by atoms with E-state index in [2.05, 4.69) is 31.0 Å². The second kappa shape index (κ2) is 6.19. The summed E-state index contributed by atoms with van der Waals surface area (Å²) in [4.78, 5) is 2.78.